The Kier molecular flexibility index (Phi) is 3.47. The lowest BCUT2D eigenvalue weighted by Crippen LogP contribution is -2.39. The van der Waals surface area contributed by atoms with Crippen LogP contribution in [-0.4, -0.2) is 18.2 Å². The van der Waals surface area contributed by atoms with Crippen LogP contribution in [0.2, 0.25) is 0 Å². The van der Waals surface area contributed by atoms with E-state index in [9.17, 15) is 0 Å². The van der Waals surface area contributed by atoms with Crippen LogP contribution in [0.3, 0.4) is 0 Å². The van der Waals surface area contributed by atoms with Crippen LogP contribution < -0.4 is 0 Å². The van der Waals surface area contributed by atoms with Crippen LogP contribution in [0.4, 0.5) is 0 Å². The fourth-order valence-electron chi connectivity index (χ4n) is 1.92. The van der Waals surface area contributed by atoms with Crippen molar-refractivity contribution in [2.24, 2.45) is 5.92 Å². The van der Waals surface area contributed by atoms with Gasteiger partial charge in [0, 0.05) is 20.0 Å². The van der Waals surface area contributed by atoms with E-state index < -0.39 is 5.79 Å². The highest BCUT2D eigenvalue weighted by Crippen LogP contribution is 2.37. The number of methoxy groups -OCH3 is 1. The largest absolute Gasteiger partial charge is 0.351 e. The zero-order chi connectivity index (χ0) is 9.90. The summed E-state index contributed by atoms with van der Waals surface area (Å²) < 4.78 is 5.20. The van der Waals surface area contributed by atoms with Crippen LogP contribution in [0.1, 0.15) is 32.6 Å². The molecule has 1 N–H and O–H groups in total. The summed E-state index contributed by atoms with van der Waals surface area (Å²) >= 11 is 0. The molecule has 1 saturated carbocycles. The fraction of sp³-hybridized carbons (Fsp3) is 0.800. The second kappa shape index (κ2) is 4.22. The fourth-order valence-corrected chi connectivity index (χ4v) is 1.92. The second-order valence-electron chi connectivity index (χ2n) is 3.85. The summed E-state index contributed by atoms with van der Waals surface area (Å²) in [7, 11) is 1.57. The molecule has 0 radical (unpaired) electrons. The Bertz CT molecular complexity index is 185. The highest BCUT2D eigenvalue weighted by Gasteiger charge is 2.38. The summed E-state index contributed by atoms with van der Waals surface area (Å²) in [5.41, 5.74) is 1.14. The van der Waals surface area contributed by atoms with Gasteiger partial charge in [0.25, 0.3) is 0 Å². The Labute approximate surface area is 79.3 Å². The van der Waals surface area contributed by atoms with Crippen molar-refractivity contribution in [3.05, 3.63) is 12.2 Å². The molecule has 0 amide bonds. The lowest BCUT2D eigenvalue weighted by molar-refractivity contribution is -0.408. The third-order valence-electron chi connectivity index (χ3n) is 2.90. The smallest absolute Gasteiger partial charge is 0.201 e. The van der Waals surface area contributed by atoms with E-state index in [1.165, 1.54) is 0 Å². The van der Waals surface area contributed by atoms with Crippen molar-refractivity contribution in [3.8, 4) is 0 Å². The molecular weight excluding hydrogens is 168 g/mol. The molecular formula is C10H18O3. The third-order valence-corrected chi connectivity index (χ3v) is 2.90. The molecule has 0 aromatic rings. The maximum Gasteiger partial charge on any atom is 0.201 e. The molecule has 0 aromatic heterocycles. The Morgan fingerprint density at radius 1 is 1.62 bits per heavy atom. The molecule has 2 atom stereocenters. The van der Waals surface area contributed by atoms with Crippen molar-refractivity contribution in [2.75, 3.05) is 7.11 Å². The van der Waals surface area contributed by atoms with E-state index in [-0.39, 0.29) is 0 Å². The molecule has 0 aromatic carbocycles. The van der Waals surface area contributed by atoms with Crippen LogP contribution in [-0.2, 0) is 9.62 Å². The van der Waals surface area contributed by atoms with E-state index in [2.05, 4.69) is 11.5 Å². The highest BCUT2D eigenvalue weighted by molar-refractivity contribution is 5.00. The summed E-state index contributed by atoms with van der Waals surface area (Å²) in [4.78, 5) is 4.44. The van der Waals surface area contributed by atoms with Crippen molar-refractivity contribution in [3.63, 3.8) is 0 Å². The molecule has 0 saturated heterocycles. The normalized spacial score (nSPS) is 34.5. The van der Waals surface area contributed by atoms with Gasteiger partial charge < -0.3 is 4.74 Å². The Hall–Kier alpha value is -0.380. The zero-order valence-electron chi connectivity index (χ0n) is 8.38. The summed E-state index contributed by atoms with van der Waals surface area (Å²) in [6.07, 6.45) is 3.58. The molecule has 0 bridgehead atoms. The van der Waals surface area contributed by atoms with Crippen LogP contribution in [0, 0.1) is 5.92 Å². The maximum atomic E-state index is 8.79. The molecule has 0 aliphatic heterocycles. The van der Waals surface area contributed by atoms with Gasteiger partial charge in [0.2, 0.25) is 5.79 Å². The van der Waals surface area contributed by atoms with Gasteiger partial charge >= 0.3 is 0 Å². The van der Waals surface area contributed by atoms with Crippen molar-refractivity contribution in [1.29, 1.82) is 0 Å². The van der Waals surface area contributed by atoms with Crippen LogP contribution in [0.25, 0.3) is 0 Å². The summed E-state index contributed by atoms with van der Waals surface area (Å²) in [6.45, 7) is 5.93. The van der Waals surface area contributed by atoms with E-state index in [0.717, 1.165) is 24.8 Å². The molecule has 3 heteroatoms. The molecule has 0 spiro atoms. The van der Waals surface area contributed by atoms with E-state index in [4.69, 9.17) is 9.99 Å². The van der Waals surface area contributed by atoms with Gasteiger partial charge in [-0.15, -0.1) is 0 Å². The lowest BCUT2D eigenvalue weighted by Gasteiger charge is -2.37. The molecule has 3 nitrogen and oxygen atoms in total. The van der Waals surface area contributed by atoms with Gasteiger partial charge in [-0.1, -0.05) is 12.2 Å². The zero-order valence-corrected chi connectivity index (χ0v) is 8.38. The monoisotopic (exact) mass is 186 g/mol. The van der Waals surface area contributed by atoms with Gasteiger partial charge in [0.15, 0.2) is 0 Å². The van der Waals surface area contributed by atoms with Gasteiger partial charge in [-0.25, -0.2) is 10.1 Å². The average molecular weight is 186 g/mol. The van der Waals surface area contributed by atoms with E-state index in [1.807, 2.05) is 6.92 Å². The maximum absolute atomic E-state index is 8.79. The first-order chi connectivity index (χ1) is 6.13. The highest BCUT2D eigenvalue weighted by atomic mass is 17.1. The number of hydrogen-bond donors (Lipinski definition) is 1. The molecule has 1 aliphatic carbocycles. The summed E-state index contributed by atoms with van der Waals surface area (Å²) in [5, 5.41) is 8.79. The number of hydrogen-bond acceptors (Lipinski definition) is 3. The first kappa shape index (κ1) is 10.7. The molecule has 1 rings (SSSR count). The van der Waals surface area contributed by atoms with Crippen LogP contribution in [0.15, 0.2) is 12.2 Å². The SMILES string of the molecule is C=C(C)C1CCCC(OC)(OO)C1. The molecule has 1 aliphatic rings. The minimum atomic E-state index is -0.790. The van der Waals surface area contributed by atoms with Gasteiger partial charge in [-0.2, -0.15) is 0 Å². The minimum absolute atomic E-state index is 0.404. The van der Waals surface area contributed by atoms with Crippen LogP contribution >= 0.6 is 0 Å². The van der Waals surface area contributed by atoms with Crippen LogP contribution in [0.5, 0.6) is 0 Å². The Morgan fingerprint density at radius 3 is 2.77 bits per heavy atom. The number of allylic oxidation sites excluding steroid dienone is 1. The number of ether oxygens (including phenoxy) is 1. The Morgan fingerprint density at radius 2 is 2.31 bits per heavy atom. The molecule has 0 heterocycles. The van der Waals surface area contributed by atoms with Crippen molar-refractivity contribution < 1.29 is 14.9 Å². The molecule has 76 valence electrons. The predicted octanol–water partition coefficient (Wildman–Crippen LogP) is 2.58. The van der Waals surface area contributed by atoms with E-state index in [1.54, 1.807) is 7.11 Å². The lowest BCUT2D eigenvalue weighted by atomic mass is 9.81. The van der Waals surface area contributed by atoms with Gasteiger partial charge in [-0.05, 0) is 25.7 Å². The van der Waals surface area contributed by atoms with E-state index >= 15 is 0 Å². The Balaban J connectivity index is 2.63. The first-order valence-corrected chi connectivity index (χ1v) is 4.66. The first-order valence-electron chi connectivity index (χ1n) is 4.66. The quantitative estimate of drug-likeness (QED) is 0.318. The number of rotatable bonds is 3. The second-order valence-corrected chi connectivity index (χ2v) is 3.85. The molecule has 13 heavy (non-hydrogen) atoms. The van der Waals surface area contributed by atoms with Gasteiger partial charge in [0.1, 0.15) is 0 Å². The molecule has 2 unspecified atom stereocenters. The van der Waals surface area contributed by atoms with E-state index in [0.29, 0.717) is 12.3 Å². The average Bonchev–Trinajstić information content (AvgIpc) is 2.18. The summed E-state index contributed by atoms with van der Waals surface area (Å²) in [5.74, 6) is -0.386. The van der Waals surface area contributed by atoms with Gasteiger partial charge in [0.05, 0.1) is 0 Å². The predicted molar refractivity (Wildman–Crippen MR) is 50.2 cm³/mol. The topological polar surface area (TPSA) is 38.7 Å². The standard InChI is InChI=1S/C10H18O3/c1-8(2)9-5-4-6-10(7-9,12-3)13-11/h9,11H,1,4-7H2,2-3H3. The van der Waals surface area contributed by atoms with Gasteiger partial charge in [-0.3, -0.25) is 0 Å². The van der Waals surface area contributed by atoms with Crippen molar-refractivity contribution in [1.82, 2.24) is 0 Å². The third kappa shape index (κ3) is 2.30. The van der Waals surface area contributed by atoms with Crippen molar-refractivity contribution in [2.45, 2.75) is 38.4 Å². The summed E-state index contributed by atoms with van der Waals surface area (Å²) in [6, 6.07) is 0. The van der Waals surface area contributed by atoms with Crippen molar-refractivity contribution >= 4 is 0 Å². The molecule has 1 fully saturated rings. The minimum Gasteiger partial charge on any atom is -0.351 e.